The summed E-state index contributed by atoms with van der Waals surface area (Å²) in [7, 11) is 1.71. The number of benzene rings is 1. The smallest absolute Gasteiger partial charge is 0.119 e. The lowest BCUT2D eigenvalue weighted by molar-refractivity contribution is 0.115. The van der Waals surface area contributed by atoms with Crippen molar-refractivity contribution in [3.63, 3.8) is 0 Å². The van der Waals surface area contributed by atoms with E-state index in [0.717, 1.165) is 31.8 Å². The molecule has 1 aliphatic rings. The van der Waals surface area contributed by atoms with E-state index in [1.54, 1.807) is 7.11 Å². The van der Waals surface area contributed by atoms with Gasteiger partial charge < -0.3 is 14.4 Å². The first-order chi connectivity index (χ1) is 10.4. The van der Waals surface area contributed by atoms with Gasteiger partial charge in [-0.2, -0.15) is 0 Å². The molecule has 1 fully saturated rings. The van der Waals surface area contributed by atoms with Gasteiger partial charge in [0.1, 0.15) is 5.75 Å². The van der Waals surface area contributed by atoms with Crippen molar-refractivity contribution in [1.82, 2.24) is 4.90 Å². The second-order valence-electron chi connectivity index (χ2n) is 5.82. The van der Waals surface area contributed by atoms with Gasteiger partial charge in [-0.05, 0) is 62.9 Å². The second-order valence-corrected chi connectivity index (χ2v) is 5.82. The molecule has 0 spiro atoms. The van der Waals surface area contributed by atoms with E-state index in [0.29, 0.717) is 0 Å². The zero-order valence-electron chi connectivity index (χ0n) is 13.4. The van der Waals surface area contributed by atoms with Crippen molar-refractivity contribution in [2.75, 3.05) is 40.0 Å². The third-order valence-corrected chi connectivity index (χ3v) is 4.10. The average Bonchev–Trinajstić information content (AvgIpc) is 2.55. The Morgan fingerprint density at radius 2 is 1.86 bits per heavy atom. The summed E-state index contributed by atoms with van der Waals surface area (Å²) < 4.78 is 11.0. The van der Waals surface area contributed by atoms with E-state index in [2.05, 4.69) is 17.0 Å². The van der Waals surface area contributed by atoms with Crippen LogP contribution in [-0.2, 0) is 11.2 Å². The SMILES string of the molecule is COc1cccc(CCCOCCCN2CCCCC2)c1. The molecule has 0 bridgehead atoms. The summed E-state index contributed by atoms with van der Waals surface area (Å²) in [6.45, 7) is 5.54. The third kappa shape index (κ3) is 6.49. The van der Waals surface area contributed by atoms with Crippen molar-refractivity contribution in [3.8, 4) is 5.75 Å². The van der Waals surface area contributed by atoms with Crippen LogP contribution in [0.2, 0.25) is 0 Å². The van der Waals surface area contributed by atoms with Crippen LogP contribution in [0, 0.1) is 0 Å². The molecule has 3 heteroatoms. The highest BCUT2D eigenvalue weighted by Gasteiger charge is 2.08. The van der Waals surface area contributed by atoms with E-state index in [4.69, 9.17) is 9.47 Å². The molecule has 1 aromatic rings. The second kappa shape index (κ2) is 9.80. The maximum Gasteiger partial charge on any atom is 0.119 e. The maximum absolute atomic E-state index is 5.75. The molecule has 3 nitrogen and oxygen atoms in total. The molecule has 0 atom stereocenters. The normalized spacial score (nSPS) is 16.0. The summed E-state index contributed by atoms with van der Waals surface area (Å²) in [4.78, 5) is 2.57. The van der Waals surface area contributed by atoms with E-state index in [-0.39, 0.29) is 0 Å². The van der Waals surface area contributed by atoms with E-state index >= 15 is 0 Å². The van der Waals surface area contributed by atoms with Gasteiger partial charge in [0, 0.05) is 19.8 Å². The van der Waals surface area contributed by atoms with E-state index < -0.39 is 0 Å². The molecule has 118 valence electrons. The van der Waals surface area contributed by atoms with Gasteiger partial charge in [-0.15, -0.1) is 0 Å². The molecule has 0 unspecified atom stereocenters. The summed E-state index contributed by atoms with van der Waals surface area (Å²) in [6, 6.07) is 8.30. The van der Waals surface area contributed by atoms with Crippen LogP contribution in [-0.4, -0.2) is 44.9 Å². The van der Waals surface area contributed by atoms with Gasteiger partial charge in [-0.25, -0.2) is 0 Å². The van der Waals surface area contributed by atoms with Gasteiger partial charge in [-0.1, -0.05) is 18.6 Å². The Morgan fingerprint density at radius 3 is 2.67 bits per heavy atom. The van der Waals surface area contributed by atoms with Crippen molar-refractivity contribution < 1.29 is 9.47 Å². The van der Waals surface area contributed by atoms with Gasteiger partial charge in [0.2, 0.25) is 0 Å². The number of rotatable bonds is 9. The standard InChI is InChI=1S/C18H29NO2/c1-20-18-10-5-8-17(16-18)9-6-14-21-15-7-13-19-11-3-2-4-12-19/h5,8,10,16H,2-4,6-7,9,11-15H2,1H3. The van der Waals surface area contributed by atoms with Gasteiger partial charge in [0.05, 0.1) is 7.11 Å². The van der Waals surface area contributed by atoms with Crippen LogP contribution in [0.25, 0.3) is 0 Å². The van der Waals surface area contributed by atoms with E-state index in [1.807, 2.05) is 12.1 Å². The Kier molecular flexibility index (Phi) is 7.61. The fourth-order valence-corrected chi connectivity index (χ4v) is 2.88. The first-order valence-corrected chi connectivity index (χ1v) is 8.31. The van der Waals surface area contributed by atoms with Gasteiger partial charge in [-0.3, -0.25) is 0 Å². The lowest BCUT2D eigenvalue weighted by atomic mass is 10.1. The van der Waals surface area contributed by atoms with E-state index in [1.165, 1.54) is 50.9 Å². The molecular formula is C18H29NO2. The molecule has 1 aromatic carbocycles. The Labute approximate surface area is 129 Å². The van der Waals surface area contributed by atoms with Crippen molar-refractivity contribution in [2.24, 2.45) is 0 Å². The molecule has 0 radical (unpaired) electrons. The monoisotopic (exact) mass is 291 g/mol. The fourth-order valence-electron chi connectivity index (χ4n) is 2.88. The number of nitrogens with zero attached hydrogens (tertiary/aromatic N) is 1. The summed E-state index contributed by atoms with van der Waals surface area (Å²) in [5.41, 5.74) is 1.33. The van der Waals surface area contributed by atoms with Gasteiger partial charge >= 0.3 is 0 Å². The number of hydrogen-bond acceptors (Lipinski definition) is 3. The maximum atomic E-state index is 5.75. The Balaban J connectivity index is 1.47. The van der Waals surface area contributed by atoms with Crippen LogP contribution >= 0.6 is 0 Å². The van der Waals surface area contributed by atoms with Crippen LogP contribution in [0.1, 0.15) is 37.7 Å². The molecule has 1 saturated heterocycles. The summed E-state index contributed by atoms with van der Waals surface area (Å²) in [6.07, 6.45) is 7.47. The lowest BCUT2D eigenvalue weighted by Gasteiger charge is -2.26. The zero-order chi connectivity index (χ0) is 14.8. The predicted octanol–water partition coefficient (Wildman–Crippen LogP) is 3.52. The Hall–Kier alpha value is -1.06. The van der Waals surface area contributed by atoms with Crippen LogP contribution < -0.4 is 4.74 Å². The first-order valence-electron chi connectivity index (χ1n) is 8.31. The molecule has 0 N–H and O–H groups in total. The molecular weight excluding hydrogens is 262 g/mol. The number of likely N-dealkylation sites (tertiary alicyclic amines) is 1. The van der Waals surface area contributed by atoms with Crippen molar-refractivity contribution in [3.05, 3.63) is 29.8 Å². The van der Waals surface area contributed by atoms with Crippen molar-refractivity contribution in [2.45, 2.75) is 38.5 Å². The third-order valence-electron chi connectivity index (χ3n) is 4.10. The molecule has 0 aromatic heterocycles. The highest BCUT2D eigenvalue weighted by Crippen LogP contribution is 2.14. The molecule has 0 saturated carbocycles. The molecule has 2 rings (SSSR count). The first kappa shape index (κ1) is 16.3. The number of ether oxygens (including phenoxy) is 2. The Bertz CT molecular complexity index is 389. The molecule has 0 amide bonds. The minimum atomic E-state index is 0.858. The number of hydrogen-bond donors (Lipinski definition) is 0. The van der Waals surface area contributed by atoms with Gasteiger partial charge in [0.25, 0.3) is 0 Å². The lowest BCUT2D eigenvalue weighted by Crippen LogP contribution is -2.31. The van der Waals surface area contributed by atoms with Crippen molar-refractivity contribution >= 4 is 0 Å². The Morgan fingerprint density at radius 1 is 1.05 bits per heavy atom. The van der Waals surface area contributed by atoms with Crippen LogP contribution in [0.4, 0.5) is 0 Å². The quantitative estimate of drug-likeness (QED) is 0.650. The van der Waals surface area contributed by atoms with Crippen LogP contribution in [0.5, 0.6) is 5.75 Å². The summed E-state index contributed by atoms with van der Waals surface area (Å²) in [5.74, 6) is 0.940. The number of aryl methyl sites for hydroxylation is 1. The average molecular weight is 291 g/mol. The summed E-state index contributed by atoms with van der Waals surface area (Å²) >= 11 is 0. The zero-order valence-corrected chi connectivity index (χ0v) is 13.4. The molecule has 21 heavy (non-hydrogen) atoms. The predicted molar refractivity (Wildman–Crippen MR) is 87.0 cm³/mol. The minimum Gasteiger partial charge on any atom is -0.497 e. The topological polar surface area (TPSA) is 21.7 Å². The highest BCUT2D eigenvalue weighted by atomic mass is 16.5. The highest BCUT2D eigenvalue weighted by molar-refractivity contribution is 5.28. The molecule has 1 aliphatic heterocycles. The van der Waals surface area contributed by atoms with E-state index in [9.17, 15) is 0 Å². The van der Waals surface area contributed by atoms with Crippen LogP contribution in [0.3, 0.4) is 0 Å². The van der Waals surface area contributed by atoms with Gasteiger partial charge in [0.15, 0.2) is 0 Å². The minimum absolute atomic E-state index is 0.858. The van der Waals surface area contributed by atoms with Crippen molar-refractivity contribution in [1.29, 1.82) is 0 Å². The number of piperidine rings is 1. The molecule has 1 heterocycles. The molecule has 0 aliphatic carbocycles. The van der Waals surface area contributed by atoms with Crippen LogP contribution in [0.15, 0.2) is 24.3 Å². The number of methoxy groups -OCH3 is 1. The summed E-state index contributed by atoms with van der Waals surface area (Å²) in [5, 5.41) is 0. The fraction of sp³-hybridized carbons (Fsp3) is 0.667. The largest absolute Gasteiger partial charge is 0.497 e.